The van der Waals surface area contributed by atoms with Crippen molar-refractivity contribution in [2.75, 3.05) is 6.61 Å². The molecule has 1 aliphatic heterocycles. The van der Waals surface area contributed by atoms with Gasteiger partial charge in [0.1, 0.15) is 23.5 Å². The van der Waals surface area contributed by atoms with Crippen LogP contribution in [0.2, 0.25) is 0 Å². The van der Waals surface area contributed by atoms with Crippen LogP contribution in [0.3, 0.4) is 0 Å². The number of terminal acetylenes is 1. The van der Waals surface area contributed by atoms with Crippen LogP contribution in [-0.2, 0) is 31.6 Å². The van der Waals surface area contributed by atoms with Gasteiger partial charge >= 0.3 is 29.2 Å². The molecule has 3 unspecified atom stereocenters. The van der Waals surface area contributed by atoms with E-state index in [-0.39, 0.29) is 4.64 Å². The number of aromatic amines is 1. The molecule has 0 amide bonds. The van der Waals surface area contributed by atoms with Gasteiger partial charge in [-0.3, -0.25) is 14.1 Å². The van der Waals surface area contributed by atoms with Crippen molar-refractivity contribution in [3.8, 4) is 12.3 Å². The average Bonchev–Trinajstić information content (AvgIpc) is 2.82. The lowest BCUT2D eigenvalue weighted by Crippen LogP contribution is -2.45. The van der Waals surface area contributed by atoms with Gasteiger partial charge in [-0.1, -0.05) is 18.1 Å². The molecule has 2 heterocycles. The fourth-order valence-corrected chi connectivity index (χ4v) is 5.59. The molecule has 31 heavy (non-hydrogen) atoms. The molecule has 1 saturated heterocycles. The van der Waals surface area contributed by atoms with Crippen LogP contribution in [-0.4, -0.2) is 63.8 Å². The number of aliphatic hydroxyl groups excluding tert-OH is 2. The van der Waals surface area contributed by atoms with Gasteiger partial charge in [-0.25, -0.2) is 18.5 Å². The average molecular weight is 524 g/mol. The molecule has 0 radical (unpaired) electrons. The van der Waals surface area contributed by atoms with Crippen molar-refractivity contribution in [2.24, 2.45) is 0 Å². The molecule has 1 aliphatic rings. The van der Waals surface area contributed by atoms with E-state index in [1.807, 2.05) is 5.92 Å². The molecule has 0 spiro atoms. The number of hydrogen-bond donors (Lipinski definition) is 7. The van der Waals surface area contributed by atoms with Crippen molar-refractivity contribution in [2.45, 2.75) is 24.0 Å². The van der Waals surface area contributed by atoms with Crippen LogP contribution in [0.15, 0.2) is 17.1 Å². The predicted octanol–water partition coefficient (Wildman–Crippen LogP) is -1.13. The number of aromatic nitrogens is 2. The summed E-state index contributed by atoms with van der Waals surface area (Å²) in [5, 5.41) is 20.5. The first-order valence-corrected chi connectivity index (χ1v) is 12.6. The molecule has 0 bridgehead atoms. The third-order valence-electron chi connectivity index (χ3n) is 3.65. The first-order chi connectivity index (χ1) is 14.0. The summed E-state index contributed by atoms with van der Waals surface area (Å²) in [6, 6.07) is 1.25. The van der Waals surface area contributed by atoms with E-state index in [9.17, 15) is 33.6 Å². The number of aliphatic hydroxyl groups is 2. The fourth-order valence-electron chi connectivity index (χ4n) is 2.40. The van der Waals surface area contributed by atoms with E-state index in [1.54, 1.807) is 0 Å². The van der Waals surface area contributed by atoms with Crippen LogP contribution in [0.5, 0.6) is 0 Å². The van der Waals surface area contributed by atoms with Crippen LogP contribution in [0.25, 0.3) is 0 Å². The monoisotopic (exact) mass is 524 g/mol. The Balaban J connectivity index is 2.22. The van der Waals surface area contributed by atoms with E-state index >= 15 is 0 Å². The molecule has 1 fully saturated rings. The lowest BCUT2D eigenvalue weighted by molar-refractivity contribution is -0.0920. The second kappa shape index (κ2) is 9.06. The van der Waals surface area contributed by atoms with Crippen LogP contribution < -0.4 is 5.69 Å². The van der Waals surface area contributed by atoms with Crippen LogP contribution in [0.4, 0.5) is 0 Å². The highest BCUT2D eigenvalue weighted by molar-refractivity contribution is 7.71. The standard InChI is InChI=1S/C11H15N2O14P3S/c1-2-11(5-24-29(20,21)27-30(22,23)26-28(17,18)19)8(15)7(14)9(25-11)13-4-3-6(31)12-10(13)16/h1,3-4,7-9,14-15H,5H2,(H,20,21)(H,22,23)(H,12,16,31)(H2,17,18,19)/t7-,8?,9+,11+/m0/s1. The van der Waals surface area contributed by atoms with Crippen molar-refractivity contribution in [3.05, 3.63) is 27.4 Å². The highest BCUT2D eigenvalue weighted by Crippen LogP contribution is 2.66. The maximum absolute atomic E-state index is 12.0. The predicted molar refractivity (Wildman–Crippen MR) is 99.4 cm³/mol. The van der Waals surface area contributed by atoms with Crippen molar-refractivity contribution < 1.29 is 61.4 Å². The Morgan fingerprint density at radius 1 is 1.23 bits per heavy atom. The lowest BCUT2D eigenvalue weighted by Gasteiger charge is -2.27. The van der Waals surface area contributed by atoms with Gasteiger partial charge in [-0.2, -0.15) is 8.62 Å². The van der Waals surface area contributed by atoms with Crippen LogP contribution in [0.1, 0.15) is 6.23 Å². The van der Waals surface area contributed by atoms with E-state index in [0.717, 1.165) is 10.8 Å². The number of H-pyrrole nitrogens is 1. The maximum Gasteiger partial charge on any atom is 0.490 e. The number of phosphoric acid groups is 3. The summed E-state index contributed by atoms with van der Waals surface area (Å²) in [5.74, 6) is 1.88. The number of nitrogens with zero attached hydrogens (tertiary/aromatic N) is 1. The second-order valence-corrected chi connectivity index (χ2v) is 10.7. The molecule has 7 N–H and O–H groups in total. The molecule has 20 heteroatoms. The number of nitrogens with one attached hydrogen (secondary N) is 1. The van der Waals surface area contributed by atoms with Crippen molar-refractivity contribution in [1.29, 1.82) is 0 Å². The number of phosphoric ester groups is 1. The zero-order valence-corrected chi connectivity index (χ0v) is 18.3. The minimum absolute atomic E-state index is 0.0464. The van der Waals surface area contributed by atoms with Crippen molar-refractivity contribution >= 4 is 35.7 Å². The van der Waals surface area contributed by atoms with Gasteiger partial charge < -0.3 is 34.5 Å². The smallest absolute Gasteiger partial charge is 0.386 e. The minimum atomic E-state index is -5.79. The Labute approximate surface area is 177 Å². The molecule has 16 nitrogen and oxygen atoms in total. The summed E-state index contributed by atoms with van der Waals surface area (Å²) in [7, 11) is -17.0. The molecule has 6 atom stereocenters. The van der Waals surface area contributed by atoms with Gasteiger partial charge in [-0.15, -0.1) is 6.42 Å². The topological polar surface area (TPSA) is 247 Å². The quantitative estimate of drug-likeness (QED) is 0.121. The highest BCUT2D eigenvalue weighted by Gasteiger charge is 2.56. The van der Waals surface area contributed by atoms with Gasteiger partial charge in [0.15, 0.2) is 11.8 Å². The summed E-state index contributed by atoms with van der Waals surface area (Å²) in [4.78, 5) is 49.9. The van der Waals surface area contributed by atoms with E-state index in [4.69, 9.17) is 38.1 Å². The molecular weight excluding hydrogens is 509 g/mol. The summed E-state index contributed by atoms with van der Waals surface area (Å²) in [6.07, 6.45) is 0.906. The number of hydrogen-bond acceptors (Lipinski definition) is 11. The summed E-state index contributed by atoms with van der Waals surface area (Å²) < 4.78 is 51.4. The molecule has 2 rings (SSSR count). The second-order valence-electron chi connectivity index (χ2n) is 5.86. The zero-order chi connectivity index (χ0) is 23.8. The molecule has 1 aromatic heterocycles. The maximum atomic E-state index is 12.0. The SMILES string of the molecule is C#C[C@]1(COP(=O)(O)OP(=O)(O)OP(=O)(O)O)O[C@@H](n2ccc(=S)[nH]c2=O)[C@@H](O)C1O. The Kier molecular flexibility index (Phi) is 7.66. The van der Waals surface area contributed by atoms with Gasteiger partial charge in [-0.05, 0) is 6.07 Å². The molecular formula is C11H15N2O14P3S. The number of ether oxygens (including phenoxy) is 1. The normalized spacial score (nSPS) is 30.3. The van der Waals surface area contributed by atoms with Crippen LogP contribution in [0, 0.1) is 17.0 Å². The third kappa shape index (κ3) is 6.48. The zero-order valence-electron chi connectivity index (χ0n) is 14.8. The molecule has 0 saturated carbocycles. The summed E-state index contributed by atoms with van der Waals surface area (Å²) in [6.45, 7) is -1.25. The molecule has 1 aromatic rings. The Morgan fingerprint density at radius 3 is 2.35 bits per heavy atom. The van der Waals surface area contributed by atoms with E-state index in [2.05, 4.69) is 18.1 Å². The first-order valence-electron chi connectivity index (χ1n) is 7.62. The van der Waals surface area contributed by atoms with Gasteiger partial charge in [0.05, 0.1) is 0 Å². The molecule has 174 valence electrons. The van der Waals surface area contributed by atoms with Crippen molar-refractivity contribution in [1.82, 2.24) is 9.55 Å². The summed E-state index contributed by atoms with van der Waals surface area (Å²) in [5.41, 5.74) is -3.23. The lowest BCUT2D eigenvalue weighted by atomic mass is 9.97. The number of rotatable bonds is 8. The Morgan fingerprint density at radius 2 is 1.84 bits per heavy atom. The Hall–Kier alpha value is -1.05. The van der Waals surface area contributed by atoms with E-state index in [1.165, 1.54) is 6.07 Å². The molecule has 0 aromatic carbocycles. The van der Waals surface area contributed by atoms with Crippen LogP contribution >= 0.6 is 35.7 Å². The third-order valence-corrected chi connectivity index (χ3v) is 7.67. The largest absolute Gasteiger partial charge is 0.490 e. The van der Waals surface area contributed by atoms with E-state index in [0.29, 0.717) is 0 Å². The van der Waals surface area contributed by atoms with Crippen molar-refractivity contribution in [3.63, 3.8) is 0 Å². The fraction of sp³-hybridized carbons (Fsp3) is 0.455. The highest BCUT2D eigenvalue weighted by atomic mass is 32.1. The first kappa shape index (κ1) is 26.2. The van der Waals surface area contributed by atoms with Gasteiger partial charge in [0.2, 0.25) is 0 Å². The minimum Gasteiger partial charge on any atom is -0.386 e. The van der Waals surface area contributed by atoms with Gasteiger partial charge in [0.25, 0.3) is 0 Å². The molecule has 0 aliphatic carbocycles. The Bertz CT molecular complexity index is 1140. The van der Waals surface area contributed by atoms with Gasteiger partial charge in [0, 0.05) is 6.20 Å². The summed E-state index contributed by atoms with van der Waals surface area (Å²) >= 11 is 4.76. The van der Waals surface area contributed by atoms with E-state index < -0.39 is 59.8 Å².